The van der Waals surface area contributed by atoms with Crippen molar-refractivity contribution in [2.45, 2.75) is 37.8 Å². The molecule has 1 saturated carbocycles. The molecule has 1 N–H and O–H groups in total. The van der Waals surface area contributed by atoms with Gasteiger partial charge >= 0.3 is 5.97 Å². The first-order valence-corrected chi connectivity index (χ1v) is 7.81. The summed E-state index contributed by atoms with van der Waals surface area (Å²) in [5.74, 6) is -1.77. The zero-order chi connectivity index (χ0) is 16.9. The highest BCUT2D eigenvalue weighted by Gasteiger charge is 2.29. The van der Waals surface area contributed by atoms with Crippen LogP contribution in [0, 0.1) is 5.82 Å². The number of carbonyl (C=O) groups excluding carboxylic acids is 2. The van der Waals surface area contributed by atoms with E-state index >= 15 is 0 Å². The number of carbonyl (C=O) groups is 2. The van der Waals surface area contributed by atoms with E-state index in [0.29, 0.717) is 5.56 Å². The number of aromatic nitrogens is 1. The number of nitrogens with zero attached hydrogens (tertiary/aromatic N) is 1. The minimum absolute atomic E-state index is 0.0735. The van der Waals surface area contributed by atoms with Crippen molar-refractivity contribution in [3.8, 4) is 0 Å². The maximum atomic E-state index is 13.1. The van der Waals surface area contributed by atoms with Gasteiger partial charge < -0.3 is 14.6 Å². The molecule has 24 heavy (non-hydrogen) atoms. The second kappa shape index (κ2) is 7.25. The summed E-state index contributed by atoms with van der Waals surface area (Å²) >= 11 is 0. The van der Waals surface area contributed by atoms with E-state index in [1.165, 1.54) is 36.5 Å². The molecule has 2 aromatic rings. The Morgan fingerprint density at radius 2 is 1.92 bits per heavy atom. The van der Waals surface area contributed by atoms with Gasteiger partial charge in [-0.15, -0.1) is 0 Å². The third kappa shape index (κ3) is 3.79. The standard InChI is InChI=1S/C17H17FN2O4/c18-12-7-5-11(6-8-12)15(16(21)20-13-3-1-2-4-13)23-17(22)14-9-10-19-24-14/h5-10,13,15H,1-4H2,(H,20,21)/t15-/m1/s1. The Morgan fingerprint density at radius 3 is 2.54 bits per heavy atom. The predicted molar refractivity (Wildman–Crippen MR) is 81.5 cm³/mol. The smallest absolute Gasteiger partial charge is 0.378 e. The molecule has 7 heteroatoms. The van der Waals surface area contributed by atoms with Crippen molar-refractivity contribution in [1.82, 2.24) is 10.5 Å². The van der Waals surface area contributed by atoms with Crippen LogP contribution in [0.3, 0.4) is 0 Å². The average Bonchev–Trinajstić information content (AvgIpc) is 3.27. The maximum Gasteiger partial charge on any atom is 0.378 e. The van der Waals surface area contributed by atoms with Gasteiger partial charge in [0.1, 0.15) is 5.82 Å². The maximum absolute atomic E-state index is 13.1. The molecular formula is C17H17FN2O4. The van der Waals surface area contributed by atoms with E-state index in [1.807, 2.05) is 0 Å². The molecule has 0 saturated heterocycles. The molecule has 1 aliphatic carbocycles. The van der Waals surface area contributed by atoms with Crippen LogP contribution in [0.4, 0.5) is 4.39 Å². The number of esters is 1. The molecule has 0 bridgehead atoms. The van der Waals surface area contributed by atoms with Crippen LogP contribution in [0.2, 0.25) is 0 Å². The van der Waals surface area contributed by atoms with Crippen molar-refractivity contribution < 1.29 is 23.2 Å². The van der Waals surface area contributed by atoms with Crippen molar-refractivity contribution in [3.05, 3.63) is 53.7 Å². The molecule has 0 unspecified atom stereocenters. The van der Waals surface area contributed by atoms with Gasteiger partial charge in [0, 0.05) is 17.7 Å². The molecule has 1 aromatic heterocycles. The van der Waals surface area contributed by atoms with E-state index in [4.69, 9.17) is 9.26 Å². The largest absolute Gasteiger partial charge is 0.441 e. The Bertz CT molecular complexity index is 694. The summed E-state index contributed by atoms with van der Waals surface area (Å²) in [6, 6.07) is 6.69. The van der Waals surface area contributed by atoms with Gasteiger partial charge in [-0.1, -0.05) is 30.1 Å². The van der Waals surface area contributed by atoms with E-state index in [-0.39, 0.29) is 11.8 Å². The third-order valence-corrected chi connectivity index (χ3v) is 3.98. The van der Waals surface area contributed by atoms with Gasteiger partial charge in [-0.3, -0.25) is 4.79 Å². The van der Waals surface area contributed by atoms with Gasteiger partial charge in [0.25, 0.3) is 5.91 Å². The monoisotopic (exact) mass is 332 g/mol. The fraction of sp³-hybridized carbons (Fsp3) is 0.353. The summed E-state index contributed by atoms with van der Waals surface area (Å²) in [6.45, 7) is 0. The third-order valence-electron chi connectivity index (χ3n) is 3.98. The Labute approximate surface area is 138 Å². The second-order valence-corrected chi connectivity index (χ2v) is 5.70. The lowest BCUT2D eigenvalue weighted by Crippen LogP contribution is -2.38. The lowest BCUT2D eigenvalue weighted by atomic mass is 10.1. The molecule has 1 aliphatic rings. The normalized spacial score (nSPS) is 15.9. The van der Waals surface area contributed by atoms with Crippen LogP contribution in [0.5, 0.6) is 0 Å². The van der Waals surface area contributed by atoms with Gasteiger partial charge in [0.15, 0.2) is 0 Å². The molecule has 0 radical (unpaired) electrons. The number of ether oxygens (including phenoxy) is 1. The van der Waals surface area contributed by atoms with Gasteiger partial charge in [-0.2, -0.15) is 0 Å². The number of hydrogen-bond acceptors (Lipinski definition) is 5. The lowest BCUT2D eigenvalue weighted by molar-refractivity contribution is -0.131. The molecule has 3 rings (SSSR count). The molecule has 1 aromatic carbocycles. The molecule has 1 amide bonds. The topological polar surface area (TPSA) is 81.4 Å². The van der Waals surface area contributed by atoms with E-state index in [9.17, 15) is 14.0 Å². The fourth-order valence-electron chi connectivity index (χ4n) is 2.74. The summed E-state index contributed by atoms with van der Waals surface area (Å²) < 4.78 is 23.2. The van der Waals surface area contributed by atoms with E-state index in [2.05, 4.69) is 10.5 Å². The van der Waals surface area contributed by atoms with E-state index in [1.54, 1.807) is 0 Å². The zero-order valence-corrected chi connectivity index (χ0v) is 12.9. The van der Waals surface area contributed by atoms with Gasteiger partial charge in [-0.05, 0) is 25.0 Å². The highest BCUT2D eigenvalue weighted by atomic mass is 19.1. The molecule has 126 valence electrons. The molecule has 1 atom stereocenters. The lowest BCUT2D eigenvalue weighted by Gasteiger charge is -2.20. The number of rotatable bonds is 5. The van der Waals surface area contributed by atoms with Crippen LogP contribution < -0.4 is 5.32 Å². The zero-order valence-electron chi connectivity index (χ0n) is 12.9. The number of nitrogens with one attached hydrogen (secondary N) is 1. The minimum Gasteiger partial charge on any atom is -0.441 e. The van der Waals surface area contributed by atoms with Gasteiger partial charge in [0.2, 0.25) is 11.9 Å². The predicted octanol–water partition coefficient (Wildman–Crippen LogP) is 2.77. The summed E-state index contributed by atoms with van der Waals surface area (Å²) in [6.07, 6.45) is 4.05. The Hall–Kier alpha value is -2.70. The van der Waals surface area contributed by atoms with Crippen LogP contribution in [-0.2, 0) is 9.53 Å². The van der Waals surface area contributed by atoms with Crippen LogP contribution in [0.25, 0.3) is 0 Å². The Kier molecular flexibility index (Phi) is 4.88. The van der Waals surface area contributed by atoms with Crippen LogP contribution in [0.15, 0.2) is 41.1 Å². The molecule has 1 heterocycles. The van der Waals surface area contributed by atoms with E-state index in [0.717, 1.165) is 25.7 Å². The van der Waals surface area contributed by atoms with Crippen molar-refractivity contribution in [2.24, 2.45) is 0 Å². The molecule has 1 fully saturated rings. The Balaban J connectivity index is 1.78. The quantitative estimate of drug-likeness (QED) is 0.852. The van der Waals surface area contributed by atoms with E-state index < -0.39 is 23.8 Å². The molecule has 0 spiro atoms. The SMILES string of the molecule is O=C(O[C@@H](C(=O)NC1CCCC1)c1ccc(F)cc1)c1ccno1. The summed E-state index contributed by atoms with van der Waals surface area (Å²) in [5, 5.41) is 6.32. The molecule has 6 nitrogen and oxygen atoms in total. The first-order valence-electron chi connectivity index (χ1n) is 7.81. The first-order chi connectivity index (χ1) is 11.6. The summed E-state index contributed by atoms with van der Waals surface area (Å²) in [7, 11) is 0. The molecule has 0 aliphatic heterocycles. The van der Waals surface area contributed by atoms with Crippen LogP contribution in [-0.4, -0.2) is 23.1 Å². The highest BCUT2D eigenvalue weighted by molar-refractivity contribution is 5.90. The van der Waals surface area contributed by atoms with Gasteiger partial charge in [-0.25, -0.2) is 9.18 Å². The fourth-order valence-corrected chi connectivity index (χ4v) is 2.74. The number of hydrogen-bond donors (Lipinski definition) is 1. The van der Waals surface area contributed by atoms with Crippen molar-refractivity contribution >= 4 is 11.9 Å². The van der Waals surface area contributed by atoms with Crippen LogP contribution in [0.1, 0.15) is 47.9 Å². The number of benzene rings is 1. The van der Waals surface area contributed by atoms with Gasteiger partial charge in [0.05, 0.1) is 6.20 Å². The second-order valence-electron chi connectivity index (χ2n) is 5.70. The van der Waals surface area contributed by atoms with Crippen LogP contribution >= 0.6 is 0 Å². The highest BCUT2D eigenvalue weighted by Crippen LogP contribution is 2.23. The average molecular weight is 332 g/mol. The minimum atomic E-state index is -1.18. The number of halogens is 1. The van der Waals surface area contributed by atoms with Crippen molar-refractivity contribution in [3.63, 3.8) is 0 Å². The van der Waals surface area contributed by atoms with Crippen molar-refractivity contribution in [1.29, 1.82) is 0 Å². The summed E-state index contributed by atoms with van der Waals surface area (Å²) in [5.41, 5.74) is 0.389. The Morgan fingerprint density at radius 1 is 1.21 bits per heavy atom. The summed E-state index contributed by atoms with van der Waals surface area (Å²) in [4.78, 5) is 24.6. The first kappa shape index (κ1) is 16.2. The number of amides is 1. The van der Waals surface area contributed by atoms with Crippen molar-refractivity contribution in [2.75, 3.05) is 0 Å². The molecular weight excluding hydrogens is 315 g/mol.